The first-order chi connectivity index (χ1) is 25.3. The minimum Gasteiger partial charge on any atom is -0.366 e. The normalized spacial score (nSPS) is 14.5. The Morgan fingerprint density at radius 1 is 0.353 bits per heavy atom. The first kappa shape index (κ1) is 46.2. The molecule has 0 saturated heterocycles. The van der Waals surface area contributed by atoms with Gasteiger partial charge in [-0.25, -0.2) is 0 Å². The lowest BCUT2D eigenvalue weighted by Gasteiger charge is -2.06. The molecule has 0 aliphatic carbocycles. The molecule has 0 bridgehead atoms. The summed E-state index contributed by atoms with van der Waals surface area (Å²) in [5.74, 6) is 2.57. The van der Waals surface area contributed by atoms with Gasteiger partial charge < -0.3 is 4.98 Å². The number of aromatic amines is 1. The number of thioether (sulfide) groups is 6. The van der Waals surface area contributed by atoms with Gasteiger partial charge in [-0.05, 0) is 24.3 Å². The zero-order chi connectivity index (χ0) is 35.9. The Balaban J connectivity index is 1.19. The third kappa shape index (κ3) is 22.9. The van der Waals surface area contributed by atoms with Crippen molar-refractivity contribution in [3.05, 3.63) is 29.3 Å². The molecule has 7 heteroatoms. The molecule has 0 saturated carbocycles. The van der Waals surface area contributed by atoms with E-state index in [0.717, 1.165) is 0 Å². The van der Waals surface area contributed by atoms with Gasteiger partial charge in [-0.3, -0.25) is 0 Å². The Kier molecular flexibility index (Phi) is 30.0. The Morgan fingerprint density at radius 3 is 0.902 bits per heavy atom. The van der Waals surface area contributed by atoms with Gasteiger partial charge in [0.1, 0.15) is 0 Å². The predicted octanol–water partition coefficient (Wildman–Crippen LogP) is 18.9. The zero-order valence-electron chi connectivity index (χ0n) is 33.1. The van der Waals surface area contributed by atoms with Crippen LogP contribution in [0.15, 0.2) is 39.1 Å². The van der Waals surface area contributed by atoms with Gasteiger partial charge in [0.05, 0.1) is 16.9 Å². The molecule has 3 rings (SSSR count). The molecule has 1 aromatic rings. The van der Waals surface area contributed by atoms with Crippen LogP contribution in [0, 0.1) is 0 Å². The van der Waals surface area contributed by atoms with E-state index in [1.54, 1.807) is 8.47 Å². The van der Waals surface area contributed by atoms with Crippen molar-refractivity contribution >= 4 is 70.6 Å². The lowest BCUT2D eigenvalue weighted by Crippen LogP contribution is -1.86. The minimum absolute atomic E-state index is 1.29. The smallest absolute Gasteiger partial charge is 0.0717 e. The number of nitrogens with one attached hydrogen (secondary N) is 1. The Morgan fingerprint density at radius 2 is 0.608 bits per heavy atom. The molecule has 0 unspecified atom stereocenters. The van der Waals surface area contributed by atoms with Crippen LogP contribution in [0.2, 0.25) is 0 Å². The van der Waals surface area contributed by atoms with Crippen LogP contribution in [-0.4, -0.2) is 16.5 Å². The summed E-state index contributed by atoms with van der Waals surface area (Å²) >= 11 is 12.4. The number of H-pyrrole nitrogens is 1. The van der Waals surface area contributed by atoms with E-state index in [4.69, 9.17) is 0 Å². The van der Waals surface area contributed by atoms with Crippen molar-refractivity contribution in [2.75, 3.05) is 11.5 Å². The topological polar surface area (TPSA) is 15.8 Å². The highest BCUT2D eigenvalue weighted by Crippen LogP contribution is 2.64. The molecule has 0 atom stereocenters. The number of aromatic nitrogens is 1. The van der Waals surface area contributed by atoms with Gasteiger partial charge in [-0.1, -0.05) is 254 Å². The van der Waals surface area contributed by atoms with Gasteiger partial charge in [0.2, 0.25) is 0 Å². The minimum atomic E-state index is 1.29. The lowest BCUT2D eigenvalue weighted by molar-refractivity contribution is 0.532. The maximum atomic E-state index is 3.28. The summed E-state index contributed by atoms with van der Waals surface area (Å²) in [5.41, 5.74) is 0. The molecule has 0 fully saturated rings. The van der Waals surface area contributed by atoms with Gasteiger partial charge in [0.25, 0.3) is 0 Å². The lowest BCUT2D eigenvalue weighted by atomic mass is 10.0. The van der Waals surface area contributed by atoms with E-state index in [0.29, 0.717) is 0 Å². The Labute approximate surface area is 343 Å². The third-order valence-electron chi connectivity index (χ3n) is 10.2. The molecule has 294 valence electrons. The second-order valence-electron chi connectivity index (χ2n) is 15.0. The summed E-state index contributed by atoms with van der Waals surface area (Å²) in [7, 11) is 0. The molecule has 1 nitrogen and oxygen atoms in total. The molecule has 0 aromatic carbocycles. The molecule has 3 heterocycles. The molecular weight excluding hydrogens is 735 g/mol. The third-order valence-corrected chi connectivity index (χ3v) is 19.0. The Bertz CT molecular complexity index is 958. The van der Waals surface area contributed by atoms with Crippen LogP contribution in [0.1, 0.15) is 219 Å². The molecule has 0 radical (unpaired) electrons. The molecular formula is C44H77NS6. The summed E-state index contributed by atoms with van der Waals surface area (Å²) in [4.78, 5) is 6.09. The van der Waals surface area contributed by atoms with Gasteiger partial charge >= 0.3 is 0 Å². The van der Waals surface area contributed by atoms with Crippen LogP contribution >= 0.6 is 70.6 Å². The standard InChI is InChI=1S/C44H77NS6/c1-3-5-7-9-11-13-15-17-19-21-23-25-27-29-31-33-35-46-41-42(51-44(50-41)43-48-39-37-45-38-40(39)49-43)47-36-34-32-30-28-26-24-22-20-18-16-14-12-10-8-6-4-2/h37-38,45H,3-36H2,1-2H3. The average molecular weight is 813 g/mol. The highest BCUT2D eigenvalue weighted by molar-refractivity contribution is 8.42. The maximum Gasteiger partial charge on any atom is 0.0717 e. The summed E-state index contributed by atoms with van der Waals surface area (Å²) in [6, 6.07) is 0. The Hall–Kier alpha value is 0.860. The summed E-state index contributed by atoms with van der Waals surface area (Å²) < 4.78 is 6.24. The van der Waals surface area contributed by atoms with Crippen LogP contribution in [0.4, 0.5) is 0 Å². The van der Waals surface area contributed by atoms with Crippen LogP contribution in [0.3, 0.4) is 0 Å². The average Bonchev–Trinajstić information content (AvgIpc) is 3.87. The van der Waals surface area contributed by atoms with Crippen molar-refractivity contribution in [3.8, 4) is 0 Å². The highest BCUT2D eigenvalue weighted by atomic mass is 32.3. The molecule has 2 aliphatic rings. The quantitative estimate of drug-likeness (QED) is 0.0675. The first-order valence-corrected chi connectivity index (χ1v) is 27.2. The number of hydrogen-bond acceptors (Lipinski definition) is 6. The zero-order valence-corrected chi connectivity index (χ0v) is 38.0. The van der Waals surface area contributed by atoms with E-state index in [2.05, 4.69) is 78.3 Å². The van der Waals surface area contributed by atoms with Gasteiger partial charge in [0.15, 0.2) is 0 Å². The summed E-state index contributed by atoms with van der Waals surface area (Å²) in [5, 5.41) is 0. The number of fused-ring (bicyclic) bond motifs is 1. The molecule has 1 aromatic heterocycles. The largest absolute Gasteiger partial charge is 0.366 e. The van der Waals surface area contributed by atoms with Crippen LogP contribution in [0.5, 0.6) is 0 Å². The van der Waals surface area contributed by atoms with Crippen LogP contribution in [0.25, 0.3) is 0 Å². The van der Waals surface area contributed by atoms with Gasteiger partial charge in [0, 0.05) is 22.2 Å². The van der Waals surface area contributed by atoms with Gasteiger partial charge in [-0.15, -0.1) is 23.5 Å². The van der Waals surface area contributed by atoms with Crippen molar-refractivity contribution in [2.45, 2.75) is 229 Å². The van der Waals surface area contributed by atoms with Crippen molar-refractivity contribution in [1.29, 1.82) is 0 Å². The fourth-order valence-corrected chi connectivity index (χ4v) is 15.7. The van der Waals surface area contributed by atoms with Gasteiger partial charge in [-0.2, -0.15) is 0 Å². The second-order valence-corrected chi connectivity index (χ2v) is 22.4. The van der Waals surface area contributed by atoms with Crippen molar-refractivity contribution < 1.29 is 0 Å². The SMILES string of the molecule is CCCCCCCCCCCCCCCCCCSC1=C(SCCCCCCCCCCCCCCCCCC)SC(=C2Sc3c[nH]cc3S2)S1. The number of rotatable bonds is 36. The second kappa shape index (κ2) is 33.0. The van der Waals surface area contributed by atoms with E-state index in [9.17, 15) is 0 Å². The fraction of sp³-hybridized carbons (Fsp3) is 0.818. The molecule has 1 N–H and O–H groups in total. The fourth-order valence-electron chi connectivity index (χ4n) is 6.96. The molecule has 0 spiro atoms. The van der Waals surface area contributed by atoms with E-state index in [-0.39, 0.29) is 0 Å². The van der Waals surface area contributed by atoms with Crippen LogP contribution < -0.4 is 0 Å². The number of hydrogen-bond donors (Lipinski definition) is 1. The summed E-state index contributed by atoms with van der Waals surface area (Å²) in [6.45, 7) is 4.62. The van der Waals surface area contributed by atoms with E-state index in [1.807, 2.05) is 23.5 Å². The highest BCUT2D eigenvalue weighted by Gasteiger charge is 2.29. The molecule has 0 amide bonds. The monoisotopic (exact) mass is 811 g/mol. The van der Waals surface area contributed by atoms with E-state index < -0.39 is 0 Å². The summed E-state index contributed by atoms with van der Waals surface area (Å²) in [6.07, 6.45) is 50.6. The van der Waals surface area contributed by atoms with Crippen LogP contribution in [-0.2, 0) is 0 Å². The number of unbranched alkanes of at least 4 members (excludes halogenated alkanes) is 30. The first-order valence-electron chi connectivity index (χ1n) is 21.9. The van der Waals surface area contributed by atoms with Crippen molar-refractivity contribution in [1.82, 2.24) is 4.98 Å². The maximum absolute atomic E-state index is 3.28. The predicted molar refractivity (Wildman–Crippen MR) is 246 cm³/mol. The van der Waals surface area contributed by atoms with E-state index in [1.165, 1.54) is 235 Å². The van der Waals surface area contributed by atoms with Crippen molar-refractivity contribution in [2.24, 2.45) is 0 Å². The molecule has 2 aliphatic heterocycles. The van der Waals surface area contributed by atoms with Crippen molar-refractivity contribution in [3.63, 3.8) is 0 Å². The molecule has 51 heavy (non-hydrogen) atoms. The van der Waals surface area contributed by atoms with E-state index >= 15 is 0 Å².